The number of carbonyl (C=O) groups is 1. The van der Waals surface area contributed by atoms with Gasteiger partial charge in [0.15, 0.2) is 5.65 Å². The Bertz CT molecular complexity index is 1420. The van der Waals surface area contributed by atoms with Crippen LogP contribution >= 0.6 is 0 Å². The van der Waals surface area contributed by atoms with E-state index < -0.39 is 0 Å². The van der Waals surface area contributed by atoms with Crippen molar-refractivity contribution in [2.24, 2.45) is 11.3 Å². The first-order valence-corrected chi connectivity index (χ1v) is 14.1. The van der Waals surface area contributed by atoms with Gasteiger partial charge in [0.05, 0.1) is 16.8 Å². The van der Waals surface area contributed by atoms with Crippen molar-refractivity contribution < 1.29 is 4.79 Å². The zero-order chi connectivity index (χ0) is 27.6. The van der Waals surface area contributed by atoms with Crippen LogP contribution in [0.4, 0.5) is 5.82 Å². The molecule has 1 aliphatic rings. The van der Waals surface area contributed by atoms with Crippen LogP contribution in [-0.2, 0) is 11.2 Å². The Balaban J connectivity index is 1.43. The van der Waals surface area contributed by atoms with Crippen LogP contribution in [0.25, 0.3) is 16.7 Å². The summed E-state index contributed by atoms with van der Waals surface area (Å²) < 4.78 is 1.93. The van der Waals surface area contributed by atoms with Gasteiger partial charge in [-0.25, -0.2) is 14.6 Å². The fraction of sp³-hybridized carbons (Fsp3) is 0.438. The van der Waals surface area contributed by atoms with E-state index in [1.165, 1.54) is 5.56 Å². The van der Waals surface area contributed by atoms with Crippen molar-refractivity contribution in [2.45, 2.75) is 53.9 Å². The SMILES string of the molecule is Cc1nn(-c2ccccc2)c2nc(Cc3ccccc3)nc(N3CCN(C(=O)C[C@H](C)CC(C)(C)C)CC3)c12. The number of rotatable bonds is 7. The Morgan fingerprint density at radius 1 is 0.923 bits per heavy atom. The van der Waals surface area contributed by atoms with Gasteiger partial charge in [0.25, 0.3) is 0 Å². The van der Waals surface area contributed by atoms with Crippen molar-refractivity contribution >= 4 is 22.8 Å². The first kappa shape index (κ1) is 26.9. The molecular weight excluding hydrogens is 484 g/mol. The van der Waals surface area contributed by atoms with Crippen LogP contribution < -0.4 is 4.90 Å². The van der Waals surface area contributed by atoms with Gasteiger partial charge < -0.3 is 9.80 Å². The van der Waals surface area contributed by atoms with Crippen LogP contribution in [0.5, 0.6) is 0 Å². The highest BCUT2D eigenvalue weighted by Crippen LogP contribution is 2.31. The van der Waals surface area contributed by atoms with Crippen molar-refractivity contribution in [3.63, 3.8) is 0 Å². The minimum Gasteiger partial charge on any atom is -0.352 e. The minimum absolute atomic E-state index is 0.232. The molecule has 0 unspecified atom stereocenters. The molecule has 0 spiro atoms. The third-order valence-corrected chi connectivity index (χ3v) is 7.35. The van der Waals surface area contributed by atoms with E-state index in [1.54, 1.807) is 0 Å². The van der Waals surface area contributed by atoms with Crippen LogP contribution in [-0.4, -0.2) is 56.7 Å². The first-order chi connectivity index (χ1) is 18.7. The van der Waals surface area contributed by atoms with Crippen LogP contribution in [0.2, 0.25) is 0 Å². The average molecular weight is 525 g/mol. The number of benzene rings is 2. The number of nitrogens with zero attached hydrogens (tertiary/aromatic N) is 6. The molecule has 0 bridgehead atoms. The van der Waals surface area contributed by atoms with Gasteiger partial charge in [0, 0.05) is 39.0 Å². The monoisotopic (exact) mass is 524 g/mol. The summed E-state index contributed by atoms with van der Waals surface area (Å²) in [4.78, 5) is 27.6. The van der Waals surface area contributed by atoms with Gasteiger partial charge in [-0.05, 0) is 42.4 Å². The molecule has 1 fully saturated rings. The van der Waals surface area contributed by atoms with E-state index in [2.05, 4.69) is 56.9 Å². The summed E-state index contributed by atoms with van der Waals surface area (Å²) in [5.41, 5.74) is 4.11. The Labute approximate surface area is 231 Å². The van der Waals surface area contributed by atoms with Gasteiger partial charge in [0.1, 0.15) is 11.6 Å². The Morgan fingerprint density at radius 2 is 1.56 bits per heavy atom. The molecule has 0 saturated carbocycles. The second kappa shape index (κ2) is 11.2. The van der Waals surface area contributed by atoms with Gasteiger partial charge in [-0.15, -0.1) is 0 Å². The lowest BCUT2D eigenvalue weighted by molar-refractivity contribution is -0.132. The predicted octanol–water partition coefficient (Wildman–Crippen LogP) is 5.83. The predicted molar refractivity (Wildman–Crippen MR) is 157 cm³/mol. The second-order valence-electron chi connectivity index (χ2n) is 12.1. The number of fused-ring (bicyclic) bond motifs is 1. The lowest BCUT2D eigenvalue weighted by Gasteiger charge is -2.36. The molecule has 0 radical (unpaired) electrons. The van der Waals surface area contributed by atoms with Crippen molar-refractivity contribution in [3.05, 3.63) is 77.7 Å². The number of aryl methyl sites for hydroxylation is 1. The molecule has 0 aliphatic carbocycles. The summed E-state index contributed by atoms with van der Waals surface area (Å²) >= 11 is 0. The molecule has 7 heteroatoms. The van der Waals surface area contributed by atoms with E-state index in [0.29, 0.717) is 31.8 Å². The standard InChI is InChI=1S/C32H40N6O/c1-23(22-32(3,4)5)20-28(39)36-16-18-37(19-17-36)30-29-24(2)35-38(26-14-10-7-11-15-26)31(29)34-27(33-30)21-25-12-8-6-9-13-25/h6-15,23H,16-22H2,1-5H3/t23-/m0/s1. The molecule has 2 aromatic heterocycles. The average Bonchev–Trinajstić information content (AvgIpc) is 3.24. The van der Waals surface area contributed by atoms with E-state index in [4.69, 9.17) is 15.1 Å². The van der Waals surface area contributed by atoms with E-state index in [9.17, 15) is 4.79 Å². The number of anilines is 1. The van der Waals surface area contributed by atoms with Crippen LogP contribution in [0.3, 0.4) is 0 Å². The largest absolute Gasteiger partial charge is 0.352 e. The molecule has 204 valence electrons. The lowest BCUT2D eigenvalue weighted by Crippen LogP contribution is -2.49. The summed E-state index contributed by atoms with van der Waals surface area (Å²) in [5, 5.41) is 5.87. The molecule has 4 aromatic rings. The molecule has 2 aromatic carbocycles. The molecule has 1 saturated heterocycles. The third-order valence-electron chi connectivity index (χ3n) is 7.35. The number of aromatic nitrogens is 4. The molecule has 5 rings (SSSR count). The maximum Gasteiger partial charge on any atom is 0.222 e. The van der Waals surface area contributed by atoms with E-state index >= 15 is 0 Å². The Hall–Kier alpha value is -3.74. The fourth-order valence-corrected chi connectivity index (χ4v) is 5.75. The van der Waals surface area contributed by atoms with Crippen LogP contribution in [0.1, 0.15) is 57.6 Å². The normalized spacial score (nSPS) is 15.1. The number of piperazine rings is 1. The third kappa shape index (κ3) is 6.29. The summed E-state index contributed by atoms with van der Waals surface area (Å²) in [7, 11) is 0. The topological polar surface area (TPSA) is 67.2 Å². The molecule has 1 aliphatic heterocycles. The van der Waals surface area contributed by atoms with Gasteiger partial charge >= 0.3 is 0 Å². The molecular formula is C32H40N6O. The van der Waals surface area contributed by atoms with E-state index in [0.717, 1.165) is 53.6 Å². The van der Waals surface area contributed by atoms with Crippen LogP contribution in [0, 0.1) is 18.3 Å². The van der Waals surface area contributed by atoms with Gasteiger partial charge in [-0.3, -0.25) is 4.79 Å². The molecule has 39 heavy (non-hydrogen) atoms. The summed E-state index contributed by atoms with van der Waals surface area (Å²) in [6.45, 7) is 13.8. The highest BCUT2D eigenvalue weighted by atomic mass is 16.2. The molecule has 0 N–H and O–H groups in total. The highest BCUT2D eigenvalue weighted by Gasteiger charge is 2.27. The second-order valence-corrected chi connectivity index (χ2v) is 12.1. The molecule has 7 nitrogen and oxygen atoms in total. The summed E-state index contributed by atoms with van der Waals surface area (Å²) in [5.74, 6) is 2.33. The number of amides is 1. The highest BCUT2D eigenvalue weighted by molar-refractivity contribution is 5.91. The zero-order valence-corrected chi connectivity index (χ0v) is 23.9. The van der Waals surface area contributed by atoms with E-state index in [-0.39, 0.29) is 11.3 Å². The Kier molecular flexibility index (Phi) is 7.69. The lowest BCUT2D eigenvalue weighted by atomic mass is 9.84. The number of carbonyl (C=O) groups excluding carboxylic acids is 1. The minimum atomic E-state index is 0.232. The maximum atomic E-state index is 13.1. The summed E-state index contributed by atoms with van der Waals surface area (Å²) in [6.07, 6.45) is 2.30. The van der Waals surface area contributed by atoms with Crippen molar-refractivity contribution in [3.8, 4) is 5.69 Å². The smallest absolute Gasteiger partial charge is 0.222 e. The quantitative estimate of drug-likeness (QED) is 0.305. The van der Waals surface area contributed by atoms with E-state index in [1.807, 2.05) is 52.9 Å². The Morgan fingerprint density at radius 3 is 2.21 bits per heavy atom. The van der Waals surface area contributed by atoms with Crippen molar-refractivity contribution in [1.82, 2.24) is 24.6 Å². The maximum absolute atomic E-state index is 13.1. The number of para-hydroxylation sites is 1. The van der Waals surface area contributed by atoms with Gasteiger partial charge in [0.2, 0.25) is 5.91 Å². The van der Waals surface area contributed by atoms with Gasteiger partial charge in [-0.2, -0.15) is 5.10 Å². The first-order valence-electron chi connectivity index (χ1n) is 14.1. The molecule has 1 amide bonds. The molecule has 1 atom stereocenters. The van der Waals surface area contributed by atoms with Crippen molar-refractivity contribution in [1.29, 1.82) is 0 Å². The zero-order valence-electron chi connectivity index (χ0n) is 23.9. The van der Waals surface area contributed by atoms with Gasteiger partial charge in [-0.1, -0.05) is 76.2 Å². The number of hydrogen-bond acceptors (Lipinski definition) is 5. The fourth-order valence-electron chi connectivity index (χ4n) is 5.75. The van der Waals surface area contributed by atoms with Crippen molar-refractivity contribution in [2.75, 3.05) is 31.1 Å². The molecule has 3 heterocycles. The van der Waals surface area contributed by atoms with Crippen LogP contribution in [0.15, 0.2) is 60.7 Å². The summed E-state index contributed by atoms with van der Waals surface area (Å²) in [6, 6.07) is 20.5. The number of hydrogen-bond donors (Lipinski definition) is 0.